The summed E-state index contributed by atoms with van der Waals surface area (Å²) in [7, 11) is -3.73. The van der Waals surface area contributed by atoms with Gasteiger partial charge in [-0.05, 0) is 49.6 Å². The summed E-state index contributed by atoms with van der Waals surface area (Å²) in [6.45, 7) is 3.29. The van der Waals surface area contributed by atoms with Gasteiger partial charge in [-0.25, -0.2) is 8.42 Å². The molecule has 0 aromatic heterocycles. The average molecular weight is 484 g/mol. The maximum atomic E-state index is 12.9. The van der Waals surface area contributed by atoms with Gasteiger partial charge in [0, 0.05) is 24.2 Å². The second-order valence-corrected chi connectivity index (χ2v) is 9.67. The number of sulfonamides is 1. The minimum Gasteiger partial charge on any atom is -0.483 e. The molecule has 8 nitrogen and oxygen atoms in total. The molecule has 0 aliphatic carbocycles. The molecule has 0 bridgehead atoms. The molecule has 3 rings (SSSR count). The van der Waals surface area contributed by atoms with Gasteiger partial charge < -0.3 is 15.0 Å². The number of terminal acetylenes is 1. The molecule has 1 saturated heterocycles. The molecule has 9 heteroatoms. The Morgan fingerprint density at radius 3 is 2.44 bits per heavy atom. The van der Waals surface area contributed by atoms with E-state index in [4.69, 9.17) is 11.2 Å². The summed E-state index contributed by atoms with van der Waals surface area (Å²) in [6.07, 6.45) is 7.72. The molecule has 2 amide bonds. The van der Waals surface area contributed by atoms with Crippen LogP contribution < -0.4 is 14.8 Å². The van der Waals surface area contributed by atoms with Crippen LogP contribution in [-0.2, 0) is 14.8 Å². The third-order valence-electron chi connectivity index (χ3n) is 5.61. The fourth-order valence-electron chi connectivity index (χ4n) is 3.74. The first-order valence-electron chi connectivity index (χ1n) is 11.2. The van der Waals surface area contributed by atoms with Crippen molar-refractivity contribution in [2.75, 3.05) is 26.2 Å². The predicted molar refractivity (Wildman–Crippen MR) is 129 cm³/mol. The molecule has 1 atom stereocenters. The smallest absolute Gasteiger partial charge is 0.260 e. The number of carbonyl (C=O) groups excluding carboxylic acids is 2. The van der Waals surface area contributed by atoms with E-state index in [1.165, 1.54) is 24.3 Å². The normalized spacial score (nSPS) is 14.3. The van der Waals surface area contributed by atoms with Crippen LogP contribution in [0.4, 0.5) is 0 Å². The van der Waals surface area contributed by atoms with E-state index in [0.717, 1.165) is 31.5 Å². The van der Waals surface area contributed by atoms with E-state index in [-0.39, 0.29) is 35.9 Å². The van der Waals surface area contributed by atoms with Crippen LogP contribution in [0.5, 0.6) is 5.75 Å². The first-order valence-corrected chi connectivity index (χ1v) is 12.7. The summed E-state index contributed by atoms with van der Waals surface area (Å²) < 4.78 is 32.4. The van der Waals surface area contributed by atoms with E-state index in [1.807, 2.05) is 25.1 Å². The molecular weight excluding hydrogens is 454 g/mol. The van der Waals surface area contributed by atoms with Crippen molar-refractivity contribution >= 4 is 21.8 Å². The second-order valence-electron chi connectivity index (χ2n) is 7.90. The molecule has 1 aliphatic rings. The highest BCUT2D eigenvalue weighted by molar-refractivity contribution is 7.89. The monoisotopic (exact) mass is 483 g/mol. The van der Waals surface area contributed by atoms with E-state index in [0.29, 0.717) is 17.7 Å². The van der Waals surface area contributed by atoms with E-state index in [2.05, 4.69) is 16.0 Å². The van der Waals surface area contributed by atoms with Crippen molar-refractivity contribution in [1.29, 1.82) is 0 Å². The van der Waals surface area contributed by atoms with Crippen LogP contribution in [0, 0.1) is 12.3 Å². The maximum Gasteiger partial charge on any atom is 0.260 e. The number of nitrogens with zero attached hydrogens (tertiary/aromatic N) is 1. The minimum absolute atomic E-state index is 0.0211. The van der Waals surface area contributed by atoms with Gasteiger partial charge in [-0.15, -0.1) is 6.42 Å². The lowest BCUT2D eigenvalue weighted by atomic mass is 10.0. The van der Waals surface area contributed by atoms with E-state index in [9.17, 15) is 18.0 Å². The zero-order valence-electron chi connectivity index (χ0n) is 19.1. The Balaban J connectivity index is 1.68. The molecule has 34 heavy (non-hydrogen) atoms. The van der Waals surface area contributed by atoms with Gasteiger partial charge in [-0.2, -0.15) is 4.72 Å². The van der Waals surface area contributed by atoms with Crippen molar-refractivity contribution in [3.63, 3.8) is 0 Å². The molecule has 0 saturated carbocycles. The Morgan fingerprint density at radius 2 is 1.79 bits per heavy atom. The molecule has 0 spiro atoms. The molecule has 1 aliphatic heterocycles. The minimum atomic E-state index is -3.73. The molecule has 1 heterocycles. The first kappa shape index (κ1) is 25.3. The first-order chi connectivity index (χ1) is 16.4. The number of rotatable bonds is 10. The maximum absolute atomic E-state index is 12.9. The lowest BCUT2D eigenvalue weighted by molar-refractivity contribution is -0.132. The predicted octanol–water partition coefficient (Wildman–Crippen LogP) is 2.48. The summed E-state index contributed by atoms with van der Waals surface area (Å²) in [5.41, 5.74) is 1.09. The van der Waals surface area contributed by atoms with Gasteiger partial charge >= 0.3 is 0 Å². The number of amides is 2. The standard InChI is InChI=1S/C25H29N3O5S/c1-3-15-26-34(31,32)20-13-11-19(12-14-20)25(30)27-22(4-2)21-9-5-6-10-23(21)33-18-24(29)28-16-7-8-17-28/h1,5-6,9-14,22,26H,4,7-8,15-18H2,2H3,(H,27,30). The van der Waals surface area contributed by atoms with Crippen molar-refractivity contribution in [1.82, 2.24) is 14.9 Å². The fourth-order valence-corrected chi connectivity index (χ4v) is 4.68. The summed E-state index contributed by atoms with van der Waals surface area (Å²) in [6, 6.07) is 12.6. The Hall–Kier alpha value is -3.35. The van der Waals surface area contributed by atoms with Crippen LogP contribution >= 0.6 is 0 Å². The summed E-state index contributed by atoms with van der Waals surface area (Å²) in [5, 5.41) is 2.97. The van der Waals surface area contributed by atoms with E-state index in [1.54, 1.807) is 11.0 Å². The molecule has 2 N–H and O–H groups in total. The molecule has 2 aromatic rings. The van der Waals surface area contributed by atoms with Crippen LogP contribution in [0.3, 0.4) is 0 Å². The zero-order chi connectivity index (χ0) is 24.6. The van der Waals surface area contributed by atoms with Gasteiger partial charge in [-0.1, -0.05) is 31.0 Å². The average Bonchev–Trinajstić information content (AvgIpc) is 3.40. The van der Waals surface area contributed by atoms with Crippen LogP contribution in [0.2, 0.25) is 0 Å². The molecule has 180 valence electrons. The van der Waals surface area contributed by atoms with Crippen molar-refractivity contribution < 1.29 is 22.7 Å². The van der Waals surface area contributed by atoms with Crippen LogP contribution in [0.1, 0.15) is 48.1 Å². The second kappa shape index (κ2) is 11.7. The Morgan fingerprint density at radius 1 is 1.12 bits per heavy atom. The van der Waals surface area contributed by atoms with Gasteiger partial charge in [0.05, 0.1) is 17.5 Å². The highest BCUT2D eigenvalue weighted by Crippen LogP contribution is 2.28. The van der Waals surface area contributed by atoms with Gasteiger partial charge in [0.15, 0.2) is 6.61 Å². The summed E-state index contributed by atoms with van der Waals surface area (Å²) in [4.78, 5) is 27.1. The highest BCUT2D eigenvalue weighted by atomic mass is 32.2. The number of carbonyl (C=O) groups is 2. The number of likely N-dealkylation sites (tertiary alicyclic amines) is 1. The number of ether oxygens (including phenoxy) is 1. The topological polar surface area (TPSA) is 105 Å². The number of benzene rings is 2. The molecule has 0 radical (unpaired) electrons. The van der Waals surface area contributed by atoms with Gasteiger partial charge in [0.25, 0.3) is 11.8 Å². The molecular formula is C25H29N3O5S. The fraction of sp³-hybridized carbons (Fsp3) is 0.360. The van der Waals surface area contributed by atoms with Crippen molar-refractivity contribution in [2.45, 2.75) is 37.1 Å². The molecule has 1 fully saturated rings. The molecule has 1 unspecified atom stereocenters. The van der Waals surface area contributed by atoms with Crippen LogP contribution in [-0.4, -0.2) is 51.4 Å². The zero-order valence-corrected chi connectivity index (χ0v) is 19.9. The SMILES string of the molecule is C#CCNS(=O)(=O)c1ccc(C(=O)NC(CC)c2ccccc2OCC(=O)N2CCCC2)cc1. The van der Waals surface area contributed by atoms with Crippen molar-refractivity contribution in [3.8, 4) is 18.1 Å². The van der Waals surface area contributed by atoms with Crippen molar-refractivity contribution in [3.05, 3.63) is 59.7 Å². The number of hydrogen-bond donors (Lipinski definition) is 2. The lowest BCUT2D eigenvalue weighted by Crippen LogP contribution is -2.32. The Bertz CT molecular complexity index is 1150. The number of hydrogen-bond acceptors (Lipinski definition) is 5. The van der Waals surface area contributed by atoms with E-state index < -0.39 is 10.0 Å². The highest BCUT2D eigenvalue weighted by Gasteiger charge is 2.21. The third kappa shape index (κ3) is 6.37. The van der Waals surface area contributed by atoms with Gasteiger partial charge in [0.2, 0.25) is 10.0 Å². The Kier molecular flexibility index (Phi) is 8.68. The van der Waals surface area contributed by atoms with Gasteiger partial charge in [0.1, 0.15) is 5.75 Å². The largest absolute Gasteiger partial charge is 0.483 e. The lowest BCUT2D eigenvalue weighted by Gasteiger charge is -2.22. The summed E-state index contributed by atoms with van der Waals surface area (Å²) >= 11 is 0. The molecule has 2 aromatic carbocycles. The van der Waals surface area contributed by atoms with E-state index >= 15 is 0 Å². The van der Waals surface area contributed by atoms with Crippen LogP contribution in [0.25, 0.3) is 0 Å². The summed E-state index contributed by atoms with van der Waals surface area (Å²) in [5.74, 6) is 2.36. The number of nitrogens with one attached hydrogen (secondary N) is 2. The third-order valence-corrected chi connectivity index (χ3v) is 7.03. The van der Waals surface area contributed by atoms with Crippen LogP contribution in [0.15, 0.2) is 53.4 Å². The number of para-hydroxylation sites is 1. The quantitative estimate of drug-likeness (QED) is 0.505. The van der Waals surface area contributed by atoms with Gasteiger partial charge in [-0.3, -0.25) is 9.59 Å². The van der Waals surface area contributed by atoms with Crippen molar-refractivity contribution in [2.24, 2.45) is 0 Å². The Labute approximate surface area is 200 Å².